The highest BCUT2D eigenvalue weighted by molar-refractivity contribution is 5.68. The van der Waals surface area contributed by atoms with Crippen LogP contribution in [0.25, 0.3) is 0 Å². The molecule has 104 valence electrons. The van der Waals surface area contributed by atoms with Crippen molar-refractivity contribution in [2.45, 2.75) is 39.3 Å². The fraction of sp³-hybridized carbons (Fsp3) is 0.533. The summed E-state index contributed by atoms with van der Waals surface area (Å²) in [6, 6.07) is 5.92. The number of carbonyl (C=O) groups excluding carboxylic acids is 1. The molecule has 0 bridgehead atoms. The molecule has 0 spiro atoms. The summed E-state index contributed by atoms with van der Waals surface area (Å²) in [5.41, 5.74) is 3.30. The topological polar surface area (TPSA) is 49.8 Å². The van der Waals surface area contributed by atoms with E-state index in [1.54, 1.807) is 4.90 Å². The van der Waals surface area contributed by atoms with E-state index in [-0.39, 0.29) is 12.7 Å². The largest absolute Gasteiger partial charge is 0.449 e. The van der Waals surface area contributed by atoms with E-state index in [0.717, 1.165) is 30.4 Å². The molecule has 0 aromatic heterocycles. The van der Waals surface area contributed by atoms with Crippen LogP contribution in [0.1, 0.15) is 36.5 Å². The van der Waals surface area contributed by atoms with Gasteiger partial charge in [0.2, 0.25) is 0 Å². The summed E-state index contributed by atoms with van der Waals surface area (Å²) in [6.45, 7) is 3.93. The number of hydrogen-bond donors (Lipinski definition) is 1. The number of aliphatic hydroxyl groups excluding tert-OH is 1. The average molecular weight is 263 g/mol. The van der Waals surface area contributed by atoms with Crippen molar-refractivity contribution in [2.24, 2.45) is 0 Å². The van der Waals surface area contributed by atoms with Gasteiger partial charge in [-0.05, 0) is 29.5 Å². The van der Waals surface area contributed by atoms with Gasteiger partial charge in [-0.3, -0.25) is 0 Å². The Hall–Kier alpha value is -1.55. The Bertz CT molecular complexity index is 445. The maximum atomic E-state index is 11.9. The maximum Gasteiger partial charge on any atom is 0.410 e. The van der Waals surface area contributed by atoms with Crippen LogP contribution in [-0.2, 0) is 24.3 Å². The van der Waals surface area contributed by atoms with Crippen LogP contribution in [0.15, 0.2) is 18.2 Å². The Morgan fingerprint density at radius 1 is 1.42 bits per heavy atom. The van der Waals surface area contributed by atoms with Crippen molar-refractivity contribution in [2.75, 3.05) is 13.2 Å². The zero-order valence-corrected chi connectivity index (χ0v) is 11.4. The van der Waals surface area contributed by atoms with Crippen LogP contribution in [0.5, 0.6) is 0 Å². The summed E-state index contributed by atoms with van der Waals surface area (Å²) >= 11 is 0. The second kappa shape index (κ2) is 6.57. The molecule has 0 atom stereocenters. The monoisotopic (exact) mass is 263 g/mol. The van der Waals surface area contributed by atoms with Gasteiger partial charge in [-0.1, -0.05) is 31.5 Å². The lowest BCUT2D eigenvalue weighted by atomic mass is 9.98. The van der Waals surface area contributed by atoms with Crippen LogP contribution in [0.2, 0.25) is 0 Å². The minimum absolute atomic E-state index is 0.0655. The molecule has 2 rings (SSSR count). The third-order valence-corrected chi connectivity index (χ3v) is 3.45. The van der Waals surface area contributed by atoms with Gasteiger partial charge in [0, 0.05) is 13.1 Å². The molecule has 19 heavy (non-hydrogen) atoms. The van der Waals surface area contributed by atoms with Crippen molar-refractivity contribution in [3.05, 3.63) is 34.9 Å². The Labute approximate surface area is 114 Å². The predicted octanol–water partition coefficient (Wildman–Crippen LogP) is 2.47. The van der Waals surface area contributed by atoms with Gasteiger partial charge in [-0.25, -0.2) is 4.79 Å². The zero-order chi connectivity index (χ0) is 13.7. The van der Waals surface area contributed by atoms with Gasteiger partial charge < -0.3 is 14.7 Å². The Morgan fingerprint density at radius 3 is 3.00 bits per heavy atom. The molecule has 0 fully saturated rings. The van der Waals surface area contributed by atoms with E-state index in [4.69, 9.17) is 9.84 Å². The first-order chi connectivity index (χ1) is 9.24. The van der Waals surface area contributed by atoms with Crippen molar-refractivity contribution in [3.63, 3.8) is 0 Å². The summed E-state index contributed by atoms with van der Waals surface area (Å²) in [5, 5.41) is 9.12. The molecule has 1 aromatic carbocycles. The highest BCUT2D eigenvalue weighted by Crippen LogP contribution is 2.21. The average Bonchev–Trinajstić information content (AvgIpc) is 2.46. The van der Waals surface area contributed by atoms with Gasteiger partial charge >= 0.3 is 6.09 Å². The molecule has 4 nitrogen and oxygen atoms in total. The van der Waals surface area contributed by atoms with Gasteiger partial charge in [0.25, 0.3) is 0 Å². The standard InChI is InChI=1S/C15H21NO3/c1-2-3-8-19-15(18)16-7-6-13-9-12(11-17)4-5-14(13)10-16/h4-5,9,17H,2-3,6-8,10-11H2,1H3. The molecule has 4 heteroatoms. The fourth-order valence-corrected chi connectivity index (χ4v) is 2.26. The van der Waals surface area contributed by atoms with Crippen LogP contribution >= 0.6 is 0 Å². The van der Waals surface area contributed by atoms with E-state index >= 15 is 0 Å². The smallest absolute Gasteiger partial charge is 0.410 e. The van der Waals surface area contributed by atoms with Crippen LogP contribution < -0.4 is 0 Å². The Balaban J connectivity index is 1.96. The quantitative estimate of drug-likeness (QED) is 0.849. The first-order valence-electron chi connectivity index (χ1n) is 6.88. The number of rotatable bonds is 4. The molecule has 0 unspecified atom stereocenters. The first-order valence-corrected chi connectivity index (χ1v) is 6.88. The lowest BCUT2D eigenvalue weighted by Gasteiger charge is -2.28. The predicted molar refractivity (Wildman–Crippen MR) is 72.7 cm³/mol. The van der Waals surface area contributed by atoms with E-state index in [2.05, 4.69) is 6.92 Å². The molecule has 1 N–H and O–H groups in total. The summed E-state index contributed by atoms with van der Waals surface area (Å²) < 4.78 is 5.23. The minimum Gasteiger partial charge on any atom is -0.449 e. The number of benzene rings is 1. The summed E-state index contributed by atoms with van der Waals surface area (Å²) in [7, 11) is 0. The van der Waals surface area contributed by atoms with Crippen LogP contribution in [0, 0.1) is 0 Å². The third-order valence-electron chi connectivity index (χ3n) is 3.45. The van der Waals surface area contributed by atoms with Gasteiger partial charge in [-0.15, -0.1) is 0 Å². The third kappa shape index (κ3) is 3.47. The Morgan fingerprint density at radius 2 is 2.26 bits per heavy atom. The highest BCUT2D eigenvalue weighted by Gasteiger charge is 2.21. The summed E-state index contributed by atoms with van der Waals surface area (Å²) in [4.78, 5) is 13.6. The molecule has 1 aromatic rings. The van der Waals surface area contributed by atoms with E-state index in [9.17, 15) is 4.79 Å². The van der Waals surface area contributed by atoms with Crippen molar-refractivity contribution in [1.82, 2.24) is 4.90 Å². The van der Waals surface area contributed by atoms with Crippen molar-refractivity contribution in [1.29, 1.82) is 0 Å². The number of aliphatic hydroxyl groups is 1. The SMILES string of the molecule is CCCCOC(=O)N1CCc2cc(CO)ccc2C1. The molecule has 0 saturated carbocycles. The van der Waals surface area contributed by atoms with Crippen LogP contribution in [0.4, 0.5) is 4.79 Å². The van der Waals surface area contributed by atoms with Gasteiger partial charge in [0.05, 0.1) is 13.2 Å². The molecule has 0 radical (unpaired) electrons. The molecule has 1 heterocycles. The minimum atomic E-state index is -0.217. The number of amides is 1. The second-order valence-corrected chi connectivity index (χ2v) is 4.90. The number of nitrogens with zero attached hydrogens (tertiary/aromatic N) is 1. The van der Waals surface area contributed by atoms with Gasteiger partial charge in [0.15, 0.2) is 0 Å². The highest BCUT2D eigenvalue weighted by atomic mass is 16.6. The van der Waals surface area contributed by atoms with E-state index < -0.39 is 0 Å². The number of hydrogen-bond acceptors (Lipinski definition) is 3. The number of carbonyl (C=O) groups is 1. The molecule has 0 aliphatic carbocycles. The van der Waals surface area contributed by atoms with Crippen molar-refractivity contribution >= 4 is 6.09 Å². The van der Waals surface area contributed by atoms with E-state index in [1.807, 2.05) is 18.2 Å². The molecule has 1 aliphatic heterocycles. The van der Waals surface area contributed by atoms with Gasteiger partial charge in [-0.2, -0.15) is 0 Å². The van der Waals surface area contributed by atoms with E-state index in [1.165, 1.54) is 5.56 Å². The van der Waals surface area contributed by atoms with E-state index in [0.29, 0.717) is 19.7 Å². The molecular weight excluding hydrogens is 242 g/mol. The lowest BCUT2D eigenvalue weighted by molar-refractivity contribution is 0.0966. The van der Waals surface area contributed by atoms with Crippen molar-refractivity contribution in [3.8, 4) is 0 Å². The van der Waals surface area contributed by atoms with Crippen LogP contribution in [0.3, 0.4) is 0 Å². The summed E-state index contributed by atoms with van der Waals surface area (Å²) in [5.74, 6) is 0. The molecular formula is C15H21NO3. The Kier molecular flexibility index (Phi) is 4.80. The second-order valence-electron chi connectivity index (χ2n) is 4.90. The molecule has 1 amide bonds. The maximum absolute atomic E-state index is 11.9. The fourth-order valence-electron chi connectivity index (χ4n) is 2.26. The molecule has 0 saturated heterocycles. The zero-order valence-electron chi connectivity index (χ0n) is 11.4. The van der Waals surface area contributed by atoms with Crippen molar-refractivity contribution < 1.29 is 14.6 Å². The number of fused-ring (bicyclic) bond motifs is 1. The van der Waals surface area contributed by atoms with Gasteiger partial charge in [0.1, 0.15) is 0 Å². The number of unbranched alkanes of at least 4 members (excludes halogenated alkanes) is 1. The van der Waals surface area contributed by atoms with Crippen LogP contribution in [-0.4, -0.2) is 29.3 Å². The lowest BCUT2D eigenvalue weighted by Crippen LogP contribution is -2.36. The number of ether oxygens (including phenoxy) is 1. The normalized spacial score (nSPS) is 14.1. The summed E-state index contributed by atoms with van der Waals surface area (Å²) in [6.07, 6.45) is 2.55. The first kappa shape index (κ1) is 13.9. The molecule has 1 aliphatic rings.